The first-order valence-corrected chi connectivity index (χ1v) is 10.4. The van der Waals surface area contributed by atoms with Crippen molar-refractivity contribution in [1.29, 1.82) is 0 Å². The molecule has 0 atom stereocenters. The van der Waals surface area contributed by atoms with Gasteiger partial charge in [-0.3, -0.25) is 14.4 Å². The molecule has 0 spiro atoms. The van der Waals surface area contributed by atoms with Gasteiger partial charge < -0.3 is 19.3 Å². The quantitative estimate of drug-likeness (QED) is 0.647. The lowest BCUT2D eigenvalue weighted by atomic mass is 10.1. The summed E-state index contributed by atoms with van der Waals surface area (Å²) in [6.45, 7) is 4.03. The van der Waals surface area contributed by atoms with Crippen molar-refractivity contribution in [1.82, 2.24) is 9.80 Å². The first-order valence-electron chi connectivity index (χ1n) is 9.54. The minimum absolute atomic E-state index is 0.00566. The second-order valence-corrected chi connectivity index (χ2v) is 7.51. The molecule has 154 valence electrons. The number of thiophene rings is 1. The Kier molecular flexibility index (Phi) is 7.24. The van der Waals surface area contributed by atoms with E-state index in [9.17, 15) is 14.4 Å². The summed E-state index contributed by atoms with van der Waals surface area (Å²) in [6, 6.07) is 10.9. The third kappa shape index (κ3) is 5.80. The molecule has 2 heterocycles. The Morgan fingerprint density at radius 1 is 1.00 bits per heavy atom. The SMILES string of the molecule is CCOc1ccc(CC(=O)OCC(=O)N2CCN(C(=O)c3cccs3)CC2)cc1. The van der Waals surface area contributed by atoms with Gasteiger partial charge in [-0.1, -0.05) is 18.2 Å². The number of carbonyl (C=O) groups excluding carboxylic acids is 3. The topological polar surface area (TPSA) is 76.2 Å². The minimum Gasteiger partial charge on any atom is -0.494 e. The number of carbonyl (C=O) groups is 3. The zero-order valence-corrected chi connectivity index (χ0v) is 17.2. The number of nitrogens with zero attached hydrogens (tertiary/aromatic N) is 2. The predicted octanol–water partition coefficient (Wildman–Crippen LogP) is 2.22. The molecule has 29 heavy (non-hydrogen) atoms. The van der Waals surface area contributed by atoms with Gasteiger partial charge in [-0.25, -0.2) is 0 Å². The predicted molar refractivity (Wildman–Crippen MR) is 109 cm³/mol. The Bertz CT molecular complexity index is 827. The molecule has 0 saturated carbocycles. The van der Waals surface area contributed by atoms with Gasteiger partial charge in [0.05, 0.1) is 17.9 Å². The van der Waals surface area contributed by atoms with Crippen molar-refractivity contribution in [3.8, 4) is 5.75 Å². The summed E-state index contributed by atoms with van der Waals surface area (Å²) in [7, 11) is 0. The molecular formula is C21H24N2O5S. The molecule has 1 aliphatic heterocycles. The minimum atomic E-state index is -0.450. The van der Waals surface area contributed by atoms with Crippen LogP contribution in [-0.2, 0) is 20.7 Å². The number of piperazine rings is 1. The van der Waals surface area contributed by atoms with Crippen molar-refractivity contribution in [2.75, 3.05) is 39.4 Å². The van der Waals surface area contributed by atoms with Crippen LogP contribution in [0.2, 0.25) is 0 Å². The highest BCUT2D eigenvalue weighted by molar-refractivity contribution is 7.12. The first-order chi connectivity index (χ1) is 14.1. The molecule has 2 aromatic rings. The highest BCUT2D eigenvalue weighted by Crippen LogP contribution is 2.15. The number of rotatable bonds is 7. The van der Waals surface area contributed by atoms with Crippen LogP contribution in [0.4, 0.5) is 0 Å². The van der Waals surface area contributed by atoms with Crippen LogP contribution in [0.3, 0.4) is 0 Å². The summed E-state index contributed by atoms with van der Waals surface area (Å²) in [6.07, 6.45) is 0.1000. The molecule has 7 nitrogen and oxygen atoms in total. The molecule has 0 aliphatic carbocycles. The smallest absolute Gasteiger partial charge is 0.310 e. The number of hydrogen-bond donors (Lipinski definition) is 0. The average molecular weight is 416 g/mol. The van der Waals surface area contributed by atoms with Crippen LogP contribution in [0.25, 0.3) is 0 Å². The maximum absolute atomic E-state index is 12.3. The van der Waals surface area contributed by atoms with Crippen molar-refractivity contribution >= 4 is 29.1 Å². The summed E-state index contributed by atoms with van der Waals surface area (Å²) < 4.78 is 10.5. The highest BCUT2D eigenvalue weighted by atomic mass is 32.1. The van der Waals surface area contributed by atoms with E-state index in [1.54, 1.807) is 40.1 Å². The molecule has 1 fully saturated rings. The number of benzene rings is 1. The molecule has 1 aliphatic rings. The van der Waals surface area contributed by atoms with Gasteiger partial charge in [0.2, 0.25) is 0 Å². The molecule has 3 rings (SSSR count). The van der Waals surface area contributed by atoms with Crippen LogP contribution >= 0.6 is 11.3 Å². The highest BCUT2D eigenvalue weighted by Gasteiger charge is 2.25. The van der Waals surface area contributed by atoms with E-state index in [4.69, 9.17) is 9.47 Å². The van der Waals surface area contributed by atoms with Crippen molar-refractivity contribution in [3.63, 3.8) is 0 Å². The third-order valence-corrected chi connectivity index (χ3v) is 5.45. The summed E-state index contributed by atoms with van der Waals surface area (Å²) in [4.78, 5) is 40.7. The van der Waals surface area contributed by atoms with Gasteiger partial charge in [0, 0.05) is 26.2 Å². The van der Waals surface area contributed by atoms with Gasteiger partial charge >= 0.3 is 5.97 Å². The zero-order chi connectivity index (χ0) is 20.6. The Balaban J connectivity index is 1.39. The number of hydrogen-bond acceptors (Lipinski definition) is 6. The Morgan fingerprint density at radius 3 is 2.31 bits per heavy atom. The van der Waals surface area contributed by atoms with Gasteiger partial charge in [0.25, 0.3) is 11.8 Å². The van der Waals surface area contributed by atoms with Crippen molar-refractivity contribution < 1.29 is 23.9 Å². The average Bonchev–Trinajstić information content (AvgIpc) is 3.28. The zero-order valence-electron chi connectivity index (χ0n) is 16.3. The molecule has 1 aromatic carbocycles. The second-order valence-electron chi connectivity index (χ2n) is 6.56. The van der Waals surface area contributed by atoms with Gasteiger partial charge in [0.1, 0.15) is 5.75 Å². The van der Waals surface area contributed by atoms with Crippen LogP contribution in [0.1, 0.15) is 22.2 Å². The Morgan fingerprint density at radius 2 is 1.69 bits per heavy atom. The number of esters is 1. The summed E-state index contributed by atoms with van der Waals surface area (Å²) in [5, 5.41) is 1.87. The van der Waals surface area contributed by atoms with Crippen LogP contribution in [-0.4, -0.2) is 67.0 Å². The van der Waals surface area contributed by atoms with Gasteiger partial charge in [0.15, 0.2) is 6.61 Å². The largest absolute Gasteiger partial charge is 0.494 e. The molecular weight excluding hydrogens is 392 g/mol. The fourth-order valence-corrected chi connectivity index (χ4v) is 3.73. The summed E-state index contributed by atoms with van der Waals surface area (Å²) >= 11 is 1.41. The van der Waals surface area contributed by atoms with E-state index in [1.807, 2.05) is 18.4 Å². The van der Waals surface area contributed by atoms with Crippen LogP contribution in [0.15, 0.2) is 41.8 Å². The maximum atomic E-state index is 12.3. The van der Waals surface area contributed by atoms with Crippen molar-refractivity contribution in [2.24, 2.45) is 0 Å². The van der Waals surface area contributed by atoms with Crippen molar-refractivity contribution in [2.45, 2.75) is 13.3 Å². The van der Waals surface area contributed by atoms with Crippen LogP contribution in [0, 0.1) is 0 Å². The Labute approximate surface area is 173 Å². The van der Waals surface area contributed by atoms with Crippen molar-refractivity contribution in [3.05, 3.63) is 52.2 Å². The van der Waals surface area contributed by atoms with E-state index >= 15 is 0 Å². The molecule has 0 N–H and O–H groups in total. The summed E-state index contributed by atoms with van der Waals surface area (Å²) in [5.74, 6) is 0.0488. The molecule has 0 radical (unpaired) electrons. The van der Waals surface area contributed by atoms with E-state index in [1.165, 1.54) is 11.3 Å². The van der Waals surface area contributed by atoms with E-state index < -0.39 is 5.97 Å². The first kappa shape index (κ1) is 20.9. The normalized spacial score (nSPS) is 13.8. The van der Waals surface area contributed by atoms with E-state index in [0.717, 1.165) is 11.3 Å². The molecule has 8 heteroatoms. The van der Waals surface area contributed by atoms with Gasteiger partial charge in [-0.2, -0.15) is 0 Å². The lowest BCUT2D eigenvalue weighted by molar-refractivity contribution is -0.152. The fourth-order valence-electron chi connectivity index (χ4n) is 3.04. The lowest BCUT2D eigenvalue weighted by Gasteiger charge is -2.34. The molecule has 1 saturated heterocycles. The van der Waals surface area contributed by atoms with Gasteiger partial charge in [-0.15, -0.1) is 11.3 Å². The molecule has 0 unspecified atom stereocenters. The monoisotopic (exact) mass is 416 g/mol. The standard InChI is InChI=1S/C21H24N2O5S/c1-2-27-17-7-5-16(6-8-17)14-20(25)28-15-19(24)22-9-11-23(12-10-22)21(26)18-4-3-13-29-18/h3-8,13H,2,9-12,14-15H2,1H3. The molecule has 2 amide bonds. The number of amides is 2. The maximum Gasteiger partial charge on any atom is 0.310 e. The fraction of sp³-hybridized carbons (Fsp3) is 0.381. The summed E-state index contributed by atoms with van der Waals surface area (Å²) in [5.41, 5.74) is 0.798. The number of ether oxygens (including phenoxy) is 2. The lowest BCUT2D eigenvalue weighted by Crippen LogP contribution is -2.51. The molecule has 1 aromatic heterocycles. The van der Waals surface area contributed by atoms with E-state index in [-0.39, 0.29) is 24.8 Å². The van der Waals surface area contributed by atoms with E-state index in [0.29, 0.717) is 37.7 Å². The van der Waals surface area contributed by atoms with Gasteiger partial charge in [-0.05, 0) is 36.1 Å². The van der Waals surface area contributed by atoms with Crippen LogP contribution in [0.5, 0.6) is 5.75 Å². The molecule has 0 bridgehead atoms. The van der Waals surface area contributed by atoms with Crippen LogP contribution < -0.4 is 4.74 Å². The Hall–Kier alpha value is -2.87. The third-order valence-electron chi connectivity index (χ3n) is 4.59. The van der Waals surface area contributed by atoms with E-state index in [2.05, 4.69) is 0 Å². The second kappa shape index (κ2) is 10.1.